The third-order valence-corrected chi connectivity index (χ3v) is 8.38. The number of aromatic nitrogens is 1. The van der Waals surface area contributed by atoms with Gasteiger partial charge in [-0.3, -0.25) is 0 Å². The van der Waals surface area contributed by atoms with E-state index in [1.807, 2.05) is 6.92 Å². The van der Waals surface area contributed by atoms with Crippen molar-refractivity contribution < 1.29 is 13.2 Å². The first-order chi connectivity index (χ1) is 12.6. The fourth-order valence-electron chi connectivity index (χ4n) is 4.76. The Balaban J connectivity index is 1.55. The first-order valence-electron chi connectivity index (χ1n) is 9.91. The van der Waals surface area contributed by atoms with Gasteiger partial charge in [-0.2, -0.15) is 4.31 Å². The van der Waals surface area contributed by atoms with Crippen LogP contribution in [0.4, 0.5) is 5.82 Å². The standard InChI is InChI=1S/C19H29N3O3S/c1-2-25-17-14-16(19(17)9-7-10-19)21-18-15(8-6-11-20-18)26(23,24)22-12-4-3-5-13-22/h6,8,11,16-17H,2-5,7,9-10,12-14H2,1H3,(H,20,21). The lowest BCUT2D eigenvalue weighted by Crippen LogP contribution is -2.64. The molecule has 0 radical (unpaired) electrons. The normalized spacial score (nSPS) is 28.3. The fraction of sp³-hybridized carbons (Fsp3) is 0.737. The van der Waals surface area contributed by atoms with Crippen LogP contribution in [0, 0.1) is 5.41 Å². The van der Waals surface area contributed by atoms with Crippen LogP contribution in [0.15, 0.2) is 23.2 Å². The van der Waals surface area contributed by atoms with E-state index in [0.29, 0.717) is 29.9 Å². The van der Waals surface area contributed by atoms with Crippen LogP contribution in [-0.2, 0) is 14.8 Å². The van der Waals surface area contributed by atoms with Gasteiger partial charge in [0, 0.05) is 37.4 Å². The minimum Gasteiger partial charge on any atom is -0.378 e. The number of hydrogen-bond acceptors (Lipinski definition) is 5. The summed E-state index contributed by atoms with van der Waals surface area (Å²) in [6, 6.07) is 3.65. The predicted octanol–water partition coefficient (Wildman–Crippen LogP) is 3.02. The molecule has 1 spiro atoms. The Morgan fingerprint density at radius 3 is 2.69 bits per heavy atom. The van der Waals surface area contributed by atoms with Crippen LogP contribution >= 0.6 is 0 Å². The van der Waals surface area contributed by atoms with E-state index in [1.54, 1.807) is 22.6 Å². The summed E-state index contributed by atoms with van der Waals surface area (Å²) in [7, 11) is -3.50. The molecule has 1 N–H and O–H groups in total. The van der Waals surface area contributed by atoms with Crippen molar-refractivity contribution in [2.75, 3.05) is 25.0 Å². The zero-order valence-electron chi connectivity index (χ0n) is 15.5. The molecule has 144 valence electrons. The summed E-state index contributed by atoms with van der Waals surface area (Å²) < 4.78 is 33.8. The van der Waals surface area contributed by atoms with Crippen molar-refractivity contribution >= 4 is 15.8 Å². The molecule has 1 aliphatic heterocycles. The molecule has 2 unspecified atom stereocenters. The molecule has 2 atom stereocenters. The van der Waals surface area contributed by atoms with Crippen molar-refractivity contribution in [3.8, 4) is 0 Å². The van der Waals surface area contributed by atoms with E-state index >= 15 is 0 Å². The maximum atomic E-state index is 13.1. The van der Waals surface area contributed by atoms with Gasteiger partial charge in [-0.1, -0.05) is 12.8 Å². The van der Waals surface area contributed by atoms with Crippen molar-refractivity contribution in [3.05, 3.63) is 18.3 Å². The Hall–Kier alpha value is -1.18. The maximum absolute atomic E-state index is 13.1. The van der Waals surface area contributed by atoms with Crippen molar-refractivity contribution in [1.82, 2.24) is 9.29 Å². The van der Waals surface area contributed by atoms with Crippen LogP contribution in [-0.4, -0.2) is 49.5 Å². The number of rotatable bonds is 6. The molecule has 2 heterocycles. The molecule has 1 aromatic rings. The predicted molar refractivity (Wildman–Crippen MR) is 101 cm³/mol. The highest BCUT2D eigenvalue weighted by molar-refractivity contribution is 7.89. The number of piperidine rings is 1. The van der Waals surface area contributed by atoms with Gasteiger partial charge in [-0.05, 0) is 51.2 Å². The Labute approximate surface area is 156 Å². The molecule has 0 bridgehead atoms. The lowest BCUT2D eigenvalue weighted by molar-refractivity contribution is -0.157. The van der Waals surface area contributed by atoms with Crippen LogP contribution in [0.3, 0.4) is 0 Å². The fourth-order valence-corrected chi connectivity index (χ4v) is 6.38. The molecule has 7 heteroatoms. The molecular formula is C19H29N3O3S. The topological polar surface area (TPSA) is 71.5 Å². The molecule has 2 saturated carbocycles. The molecule has 2 aliphatic carbocycles. The van der Waals surface area contributed by atoms with Crippen molar-refractivity contribution in [3.63, 3.8) is 0 Å². The number of nitrogens with one attached hydrogen (secondary N) is 1. The zero-order valence-corrected chi connectivity index (χ0v) is 16.3. The molecular weight excluding hydrogens is 350 g/mol. The number of pyridine rings is 1. The lowest BCUT2D eigenvalue weighted by Gasteiger charge is -2.61. The van der Waals surface area contributed by atoms with E-state index in [4.69, 9.17) is 4.74 Å². The smallest absolute Gasteiger partial charge is 0.246 e. The SMILES string of the molecule is CCOC1CC(Nc2ncccc2S(=O)(=O)N2CCCCC2)C12CCC2. The quantitative estimate of drug-likeness (QED) is 0.823. The van der Waals surface area contributed by atoms with Gasteiger partial charge in [0.25, 0.3) is 0 Å². The molecule has 0 aromatic carbocycles. The van der Waals surface area contributed by atoms with Crippen LogP contribution in [0.25, 0.3) is 0 Å². The highest BCUT2D eigenvalue weighted by Gasteiger charge is 2.59. The van der Waals surface area contributed by atoms with Gasteiger partial charge in [0.2, 0.25) is 10.0 Å². The van der Waals surface area contributed by atoms with Crippen molar-refractivity contribution in [2.45, 2.75) is 68.9 Å². The minimum atomic E-state index is -3.50. The minimum absolute atomic E-state index is 0.166. The van der Waals surface area contributed by atoms with E-state index < -0.39 is 10.0 Å². The molecule has 26 heavy (non-hydrogen) atoms. The Kier molecular flexibility index (Phi) is 4.96. The van der Waals surface area contributed by atoms with Gasteiger partial charge in [0.1, 0.15) is 10.7 Å². The molecule has 3 aliphatic rings. The average Bonchev–Trinajstić information content (AvgIpc) is 2.60. The van der Waals surface area contributed by atoms with Crippen molar-refractivity contribution in [2.24, 2.45) is 5.41 Å². The van der Waals surface area contributed by atoms with Gasteiger partial charge >= 0.3 is 0 Å². The summed E-state index contributed by atoms with van der Waals surface area (Å²) >= 11 is 0. The monoisotopic (exact) mass is 379 g/mol. The second-order valence-corrected chi connectivity index (χ2v) is 9.68. The van der Waals surface area contributed by atoms with Gasteiger partial charge in [-0.15, -0.1) is 0 Å². The third kappa shape index (κ3) is 2.94. The third-order valence-electron chi connectivity index (χ3n) is 6.45. The highest BCUT2D eigenvalue weighted by Crippen LogP contribution is 2.58. The first kappa shape index (κ1) is 18.2. The second kappa shape index (κ2) is 7.09. The molecule has 4 rings (SSSR count). The molecule has 3 fully saturated rings. The van der Waals surface area contributed by atoms with E-state index in [0.717, 1.165) is 45.1 Å². The van der Waals surface area contributed by atoms with Gasteiger partial charge < -0.3 is 10.1 Å². The number of ether oxygens (including phenoxy) is 1. The lowest BCUT2D eigenvalue weighted by atomic mass is 9.51. The van der Waals surface area contributed by atoms with Crippen molar-refractivity contribution in [1.29, 1.82) is 0 Å². The summed E-state index contributed by atoms with van der Waals surface area (Å²) in [5.74, 6) is 0.504. The second-order valence-electron chi connectivity index (χ2n) is 7.78. The number of hydrogen-bond donors (Lipinski definition) is 1. The summed E-state index contributed by atoms with van der Waals surface area (Å²) in [5, 5.41) is 3.48. The van der Waals surface area contributed by atoms with Gasteiger partial charge in [0.05, 0.1) is 6.10 Å². The summed E-state index contributed by atoms with van der Waals surface area (Å²) in [6.45, 7) is 3.99. The molecule has 0 amide bonds. The Morgan fingerprint density at radius 1 is 1.27 bits per heavy atom. The Morgan fingerprint density at radius 2 is 2.04 bits per heavy atom. The Bertz CT molecular complexity index is 742. The molecule has 1 saturated heterocycles. The summed E-state index contributed by atoms with van der Waals surface area (Å²) in [5.41, 5.74) is 0.166. The van der Waals surface area contributed by atoms with Gasteiger partial charge in [-0.25, -0.2) is 13.4 Å². The number of sulfonamides is 1. The molecule has 1 aromatic heterocycles. The van der Waals surface area contributed by atoms with Crippen LogP contribution < -0.4 is 5.32 Å². The van der Waals surface area contributed by atoms with Crippen LogP contribution in [0.2, 0.25) is 0 Å². The highest BCUT2D eigenvalue weighted by atomic mass is 32.2. The number of nitrogens with zero attached hydrogens (tertiary/aromatic N) is 2. The van der Waals surface area contributed by atoms with E-state index in [2.05, 4.69) is 10.3 Å². The van der Waals surface area contributed by atoms with Crippen LogP contribution in [0.1, 0.15) is 51.9 Å². The summed E-state index contributed by atoms with van der Waals surface area (Å²) in [4.78, 5) is 4.71. The first-order valence-corrected chi connectivity index (χ1v) is 11.4. The summed E-state index contributed by atoms with van der Waals surface area (Å²) in [6.07, 6.45) is 9.39. The zero-order chi connectivity index (χ0) is 18.2. The molecule has 6 nitrogen and oxygen atoms in total. The van der Waals surface area contributed by atoms with Crippen LogP contribution in [0.5, 0.6) is 0 Å². The van der Waals surface area contributed by atoms with Gasteiger partial charge in [0.15, 0.2) is 0 Å². The maximum Gasteiger partial charge on any atom is 0.246 e. The van der Waals surface area contributed by atoms with E-state index in [-0.39, 0.29) is 11.5 Å². The van der Waals surface area contributed by atoms with E-state index in [9.17, 15) is 8.42 Å². The average molecular weight is 380 g/mol. The largest absolute Gasteiger partial charge is 0.378 e. The van der Waals surface area contributed by atoms with E-state index in [1.165, 1.54) is 6.42 Å². The number of anilines is 1.